The molecule has 1 unspecified atom stereocenters. The Morgan fingerprint density at radius 2 is 2.22 bits per heavy atom. The first-order chi connectivity index (χ1) is 8.58. The number of carbonyl (C=O) groups excluding carboxylic acids is 1. The zero-order chi connectivity index (χ0) is 13.5. The van der Waals surface area contributed by atoms with E-state index >= 15 is 0 Å². The number of hydrogen-bond acceptors (Lipinski definition) is 2. The van der Waals surface area contributed by atoms with Crippen LogP contribution in [0.15, 0.2) is 18.2 Å². The summed E-state index contributed by atoms with van der Waals surface area (Å²) in [7, 11) is 0. The van der Waals surface area contributed by atoms with Crippen LogP contribution < -0.4 is 11.1 Å². The smallest absolute Gasteiger partial charge is 0.224 e. The standard InChI is InChI=1S/C14H21ClN2O/c1-3-5-11(9-16)8-14(18)17-13-7-4-6-12(15)10(13)2/h4,6-7,11H,3,5,8-9,16H2,1-2H3,(H,17,18). The van der Waals surface area contributed by atoms with Crippen molar-refractivity contribution >= 4 is 23.2 Å². The quantitative estimate of drug-likeness (QED) is 0.831. The number of anilines is 1. The number of benzene rings is 1. The van der Waals surface area contributed by atoms with Gasteiger partial charge in [0.1, 0.15) is 0 Å². The summed E-state index contributed by atoms with van der Waals surface area (Å²) in [6.45, 7) is 4.54. The molecule has 0 spiro atoms. The van der Waals surface area contributed by atoms with Crippen molar-refractivity contribution in [3.05, 3.63) is 28.8 Å². The minimum Gasteiger partial charge on any atom is -0.330 e. The molecule has 1 aromatic rings. The van der Waals surface area contributed by atoms with E-state index in [-0.39, 0.29) is 11.8 Å². The first-order valence-corrected chi connectivity index (χ1v) is 6.71. The van der Waals surface area contributed by atoms with E-state index < -0.39 is 0 Å². The summed E-state index contributed by atoms with van der Waals surface area (Å²) in [4.78, 5) is 11.9. The van der Waals surface area contributed by atoms with Gasteiger partial charge in [-0.1, -0.05) is 31.0 Å². The molecule has 4 heteroatoms. The van der Waals surface area contributed by atoms with E-state index in [1.807, 2.05) is 25.1 Å². The molecule has 1 amide bonds. The Morgan fingerprint density at radius 1 is 1.50 bits per heavy atom. The molecule has 1 atom stereocenters. The third-order valence-corrected chi connectivity index (χ3v) is 3.46. The van der Waals surface area contributed by atoms with Crippen LogP contribution in [0.2, 0.25) is 5.02 Å². The molecule has 0 aliphatic carbocycles. The monoisotopic (exact) mass is 268 g/mol. The maximum atomic E-state index is 11.9. The maximum absolute atomic E-state index is 11.9. The summed E-state index contributed by atoms with van der Waals surface area (Å²) in [6, 6.07) is 5.50. The van der Waals surface area contributed by atoms with E-state index in [2.05, 4.69) is 12.2 Å². The lowest BCUT2D eigenvalue weighted by atomic mass is 9.99. The number of amides is 1. The summed E-state index contributed by atoms with van der Waals surface area (Å²) in [5.41, 5.74) is 7.33. The summed E-state index contributed by atoms with van der Waals surface area (Å²) in [6.07, 6.45) is 2.50. The number of halogens is 1. The van der Waals surface area contributed by atoms with Gasteiger partial charge in [0, 0.05) is 17.1 Å². The Kier molecular flexibility index (Phi) is 6.16. The number of carbonyl (C=O) groups is 1. The highest BCUT2D eigenvalue weighted by molar-refractivity contribution is 6.31. The van der Waals surface area contributed by atoms with Gasteiger partial charge in [0.05, 0.1) is 0 Å². The fourth-order valence-corrected chi connectivity index (χ4v) is 2.09. The minimum absolute atomic E-state index is 0.00395. The highest BCUT2D eigenvalue weighted by Crippen LogP contribution is 2.23. The zero-order valence-corrected chi connectivity index (χ0v) is 11.8. The topological polar surface area (TPSA) is 55.1 Å². The average molecular weight is 269 g/mol. The lowest BCUT2D eigenvalue weighted by Crippen LogP contribution is -2.22. The highest BCUT2D eigenvalue weighted by atomic mass is 35.5. The van der Waals surface area contributed by atoms with Gasteiger partial charge in [-0.05, 0) is 43.5 Å². The zero-order valence-electron chi connectivity index (χ0n) is 11.0. The van der Waals surface area contributed by atoms with Crippen LogP contribution in [0.3, 0.4) is 0 Å². The number of hydrogen-bond donors (Lipinski definition) is 2. The van der Waals surface area contributed by atoms with Gasteiger partial charge in [0.25, 0.3) is 0 Å². The Labute approximate surface area is 114 Å². The molecule has 18 heavy (non-hydrogen) atoms. The third-order valence-electron chi connectivity index (χ3n) is 3.05. The van der Waals surface area contributed by atoms with Crippen molar-refractivity contribution in [2.24, 2.45) is 11.7 Å². The van der Waals surface area contributed by atoms with E-state index in [0.717, 1.165) is 24.1 Å². The van der Waals surface area contributed by atoms with Crippen molar-refractivity contribution in [2.75, 3.05) is 11.9 Å². The van der Waals surface area contributed by atoms with Crippen molar-refractivity contribution in [3.63, 3.8) is 0 Å². The first kappa shape index (κ1) is 15.0. The van der Waals surface area contributed by atoms with Crippen molar-refractivity contribution in [1.29, 1.82) is 0 Å². The second-order valence-electron chi connectivity index (χ2n) is 4.56. The van der Waals surface area contributed by atoms with Gasteiger partial charge in [0.15, 0.2) is 0 Å². The van der Waals surface area contributed by atoms with Gasteiger partial charge >= 0.3 is 0 Å². The van der Waals surface area contributed by atoms with Crippen molar-refractivity contribution in [2.45, 2.75) is 33.1 Å². The molecular weight excluding hydrogens is 248 g/mol. The molecule has 0 aromatic heterocycles. The molecule has 0 radical (unpaired) electrons. The molecule has 0 saturated carbocycles. The second kappa shape index (κ2) is 7.39. The molecule has 1 rings (SSSR count). The van der Waals surface area contributed by atoms with E-state index in [1.165, 1.54) is 0 Å². The summed E-state index contributed by atoms with van der Waals surface area (Å²) >= 11 is 6.01. The van der Waals surface area contributed by atoms with Crippen molar-refractivity contribution in [3.8, 4) is 0 Å². The minimum atomic E-state index is 0.00395. The van der Waals surface area contributed by atoms with Crippen LogP contribution >= 0.6 is 11.6 Å². The normalized spacial score (nSPS) is 12.2. The Bertz CT molecular complexity index is 407. The van der Waals surface area contributed by atoms with Gasteiger partial charge < -0.3 is 11.1 Å². The SMILES string of the molecule is CCCC(CN)CC(=O)Nc1cccc(Cl)c1C. The van der Waals surface area contributed by atoms with E-state index in [9.17, 15) is 4.79 Å². The lowest BCUT2D eigenvalue weighted by Gasteiger charge is -2.14. The fraction of sp³-hybridized carbons (Fsp3) is 0.500. The van der Waals surface area contributed by atoms with Gasteiger partial charge in [-0.2, -0.15) is 0 Å². The van der Waals surface area contributed by atoms with Gasteiger partial charge in [-0.15, -0.1) is 0 Å². The third kappa shape index (κ3) is 4.31. The molecule has 0 fully saturated rings. The molecule has 0 aliphatic rings. The number of nitrogens with one attached hydrogen (secondary N) is 1. The van der Waals surface area contributed by atoms with E-state index in [1.54, 1.807) is 0 Å². The predicted octanol–water partition coefficient (Wildman–Crippen LogP) is 3.35. The molecule has 3 N–H and O–H groups in total. The van der Waals surface area contributed by atoms with Crippen LogP contribution in [0.1, 0.15) is 31.7 Å². The van der Waals surface area contributed by atoms with Gasteiger partial charge in [-0.3, -0.25) is 4.79 Å². The van der Waals surface area contributed by atoms with Crippen LogP contribution in [-0.2, 0) is 4.79 Å². The second-order valence-corrected chi connectivity index (χ2v) is 4.96. The van der Waals surface area contributed by atoms with Crippen molar-refractivity contribution in [1.82, 2.24) is 0 Å². The van der Waals surface area contributed by atoms with Crippen LogP contribution in [0.5, 0.6) is 0 Å². The molecule has 0 saturated heterocycles. The summed E-state index contributed by atoms with van der Waals surface area (Å²) in [5.74, 6) is 0.263. The molecule has 0 heterocycles. The van der Waals surface area contributed by atoms with Crippen LogP contribution in [0.25, 0.3) is 0 Å². The van der Waals surface area contributed by atoms with Gasteiger partial charge in [-0.25, -0.2) is 0 Å². The molecule has 0 bridgehead atoms. The van der Waals surface area contributed by atoms with Gasteiger partial charge in [0.2, 0.25) is 5.91 Å². The van der Waals surface area contributed by atoms with E-state index in [4.69, 9.17) is 17.3 Å². The molecule has 1 aromatic carbocycles. The van der Waals surface area contributed by atoms with Crippen LogP contribution in [-0.4, -0.2) is 12.5 Å². The van der Waals surface area contributed by atoms with Crippen LogP contribution in [0, 0.1) is 12.8 Å². The number of nitrogens with two attached hydrogens (primary N) is 1. The number of rotatable bonds is 6. The lowest BCUT2D eigenvalue weighted by molar-refractivity contribution is -0.117. The Balaban J connectivity index is 2.61. The average Bonchev–Trinajstić information content (AvgIpc) is 2.34. The Morgan fingerprint density at radius 3 is 2.83 bits per heavy atom. The molecular formula is C14H21ClN2O. The first-order valence-electron chi connectivity index (χ1n) is 6.33. The fourth-order valence-electron chi connectivity index (χ4n) is 1.92. The molecule has 0 aliphatic heterocycles. The molecule has 100 valence electrons. The summed E-state index contributed by atoms with van der Waals surface area (Å²) in [5, 5.41) is 3.56. The van der Waals surface area contributed by atoms with Crippen molar-refractivity contribution < 1.29 is 4.79 Å². The van der Waals surface area contributed by atoms with E-state index in [0.29, 0.717) is 18.0 Å². The predicted molar refractivity (Wildman–Crippen MR) is 76.9 cm³/mol. The largest absolute Gasteiger partial charge is 0.330 e. The van der Waals surface area contributed by atoms with Crippen LogP contribution in [0.4, 0.5) is 5.69 Å². The molecule has 3 nitrogen and oxygen atoms in total. The highest BCUT2D eigenvalue weighted by Gasteiger charge is 2.13. The Hall–Kier alpha value is -1.06. The maximum Gasteiger partial charge on any atom is 0.224 e. The summed E-state index contributed by atoms with van der Waals surface area (Å²) < 4.78 is 0.